The summed E-state index contributed by atoms with van der Waals surface area (Å²) in [6, 6.07) is 11.7. The minimum absolute atomic E-state index is 0.129. The summed E-state index contributed by atoms with van der Waals surface area (Å²) in [4.78, 5) is 27.0. The lowest BCUT2D eigenvalue weighted by Gasteiger charge is -2.40. The lowest BCUT2D eigenvalue weighted by molar-refractivity contribution is -0.148. The van der Waals surface area contributed by atoms with Gasteiger partial charge < -0.3 is 10.1 Å². The van der Waals surface area contributed by atoms with Crippen LogP contribution in [-0.4, -0.2) is 35.4 Å². The van der Waals surface area contributed by atoms with Crippen LogP contribution in [0.15, 0.2) is 60.4 Å². The van der Waals surface area contributed by atoms with Crippen molar-refractivity contribution in [1.29, 1.82) is 0 Å². The molecule has 5 nitrogen and oxygen atoms in total. The Morgan fingerprint density at radius 1 is 1.06 bits per heavy atom. The number of ether oxygens (including phenoxy) is 1. The molecule has 0 bridgehead atoms. The number of hydrogen-bond donors (Lipinski definition) is 1. The number of anilines is 1. The maximum absolute atomic E-state index is 13.5. The second-order valence-corrected chi connectivity index (χ2v) is 7.50. The fourth-order valence-corrected chi connectivity index (χ4v) is 3.14. The third-order valence-corrected chi connectivity index (χ3v) is 4.99. The highest BCUT2D eigenvalue weighted by atomic mass is 19.4. The Hall–Kier alpha value is -3.43. The van der Waals surface area contributed by atoms with Crippen LogP contribution in [0.4, 0.5) is 27.6 Å². The van der Waals surface area contributed by atoms with Crippen LogP contribution in [0.25, 0.3) is 5.57 Å². The second kappa shape index (κ2) is 8.60. The van der Waals surface area contributed by atoms with Gasteiger partial charge >= 0.3 is 6.18 Å². The van der Waals surface area contributed by atoms with Crippen molar-refractivity contribution >= 4 is 23.1 Å². The summed E-state index contributed by atoms with van der Waals surface area (Å²) < 4.78 is 71.0. The van der Waals surface area contributed by atoms with Gasteiger partial charge in [-0.1, -0.05) is 36.4 Å². The average Bonchev–Trinajstić information content (AvgIpc) is 2.73. The molecule has 1 aliphatic heterocycles. The molecule has 1 heterocycles. The maximum Gasteiger partial charge on any atom is 0.416 e. The van der Waals surface area contributed by atoms with Crippen LogP contribution in [0, 0.1) is 0 Å². The first kappa shape index (κ1) is 23.2. The van der Waals surface area contributed by atoms with Crippen LogP contribution in [0.1, 0.15) is 25.0 Å². The Morgan fingerprint density at radius 3 is 2.31 bits per heavy atom. The van der Waals surface area contributed by atoms with Gasteiger partial charge in [0, 0.05) is 5.69 Å². The number of rotatable bonds is 5. The Balaban J connectivity index is 1.90. The van der Waals surface area contributed by atoms with Crippen LogP contribution in [0.2, 0.25) is 0 Å². The first-order chi connectivity index (χ1) is 14.9. The summed E-state index contributed by atoms with van der Waals surface area (Å²) in [5, 5.41) is 2.35. The Morgan fingerprint density at radius 2 is 1.72 bits per heavy atom. The summed E-state index contributed by atoms with van der Waals surface area (Å²) in [7, 11) is 0. The van der Waals surface area contributed by atoms with Gasteiger partial charge in [-0.15, -0.1) is 0 Å². The lowest BCUT2D eigenvalue weighted by atomic mass is 9.96. The van der Waals surface area contributed by atoms with Crippen molar-refractivity contribution in [1.82, 2.24) is 4.90 Å². The van der Waals surface area contributed by atoms with E-state index in [-0.39, 0.29) is 16.8 Å². The lowest BCUT2D eigenvalue weighted by Crippen LogP contribution is -2.57. The van der Waals surface area contributed by atoms with Gasteiger partial charge in [-0.05, 0) is 37.6 Å². The number of nitrogens with one attached hydrogen (secondary N) is 1. The third kappa shape index (κ3) is 4.58. The number of alkyl halides is 5. The first-order valence-corrected chi connectivity index (χ1v) is 9.44. The van der Waals surface area contributed by atoms with Crippen molar-refractivity contribution in [2.24, 2.45) is 0 Å². The first-order valence-electron chi connectivity index (χ1n) is 9.44. The van der Waals surface area contributed by atoms with E-state index in [2.05, 4.69) is 5.32 Å². The molecule has 0 aliphatic carbocycles. The average molecular weight is 454 g/mol. The van der Waals surface area contributed by atoms with Crippen molar-refractivity contribution in [3.05, 3.63) is 71.5 Å². The number of halogens is 5. The van der Waals surface area contributed by atoms with Crippen LogP contribution >= 0.6 is 0 Å². The summed E-state index contributed by atoms with van der Waals surface area (Å²) in [6.07, 6.45) is -7.66. The zero-order valence-electron chi connectivity index (χ0n) is 17.0. The fraction of sp³-hybridized carbons (Fsp3) is 0.273. The SMILES string of the molecule is CC(C)(C(=O)Nc1cccc(C(F)(F)F)c1)N1COC(C(F)F)=C(c2ccccc2)C1=O. The van der Waals surface area contributed by atoms with E-state index in [1.165, 1.54) is 32.0 Å². The smallest absolute Gasteiger partial charge is 0.416 e. The molecule has 1 N–H and O–H groups in total. The molecule has 3 rings (SSSR count). The van der Waals surface area contributed by atoms with Gasteiger partial charge in [0.15, 0.2) is 12.5 Å². The molecule has 2 amide bonds. The Kier molecular flexibility index (Phi) is 6.25. The molecule has 2 aromatic rings. The number of benzene rings is 2. The molecule has 0 atom stereocenters. The molecular weight excluding hydrogens is 435 g/mol. The highest BCUT2D eigenvalue weighted by Gasteiger charge is 2.44. The van der Waals surface area contributed by atoms with Gasteiger partial charge in [-0.25, -0.2) is 8.78 Å². The molecule has 32 heavy (non-hydrogen) atoms. The molecule has 0 aromatic heterocycles. The van der Waals surface area contributed by atoms with E-state index >= 15 is 0 Å². The Bertz CT molecular complexity index is 1050. The predicted molar refractivity (Wildman–Crippen MR) is 106 cm³/mol. The van der Waals surface area contributed by atoms with Crippen LogP contribution in [-0.2, 0) is 20.5 Å². The minimum atomic E-state index is -4.60. The third-order valence-electron chi connectivity index (χ3n) is 4.99. The van der Waals surface area contributed by atoms with Crippen LogP contribution in [0.3, 0.4) is 0 Å². The molecule has 0 saturated carbocycles. The highest BCUT2D eigenvalue weighted by Crippen LogP contribution is 2.34. The highest BCUT2D eigenvalue weighted by molar-refractivity contribution is 6.22. The van der Waals surface area contributed by atoms with E-state index in [1.807, 2.05) is 0 Å². The van der Waals surface area contributed by atoms with E-state index in [0.717, 1.165) is 23.1 Å². The van der Waals surface area contributed by atoms with E-state index in [9.17, 15) is 31.5 Å². The van der Waals surface area contributed by atoms with Gasteiger partial charge in [0.05, 0.1) is 11.1 Å². The molecule has 2 aromatic carbocycles. The van der Waals surface area contributed by atoms with Crippen LogP contribution in [0.5, 0.6) is 0 Å². The summed E-state index contributed by atoms with van der Waals surface area (Å²) in [6.45, 7) is 2.05. The standard InChI is InChI=1S/C22H19F5N2O3/c1-21(2,20(31)28-15-10-6-9-14(11-15)22(25,26)27)29-12-32-17(18(23)24)16(19(29)30)13-7-4-3-5-8-13/h3-11,18H,12H2,1-2H3,(H,28,31). The molecule has 0 spiro atoms. The number of allylic oxidation sites excluding steroid dienone is 1. The van der Waals surface area contributed by atoms with Crippen molar-refractivity contribution in [2.45, 2.75) is 32.0 Å². The van der Waals surface area contributed by atoms with E-state index in [0.29, 0.717) is 0 Å². The fourth-order valence-electron chi connectivity index (χ4n) is 3.14. The largest absolute Gasteiger partial charge is 0.470 e. The maximum atomic E-state index is 13.5. The minimum Gasteiger partial charge on any atom is -0.470 e. The normalized spacial score (nSPS) is 15.1. The number of carbonyl (C=O) groups excluding carboxylic acids is 2. The molecule has 1 aliphatic rings. The van der Waals surface area contributed by atoms with Crippen molar-refractivity contribution in [3.63, 3.8) is 0 Å². The van der Waals surface area contributed by atoms with E-state index in [1.54, 1.807) is 18.2 Å². The summed E-state index contributed by atoms with van der Waals surface area (Å²) in [5.41, 5.74) is -2.92. The predicted octanol–water partition coefficient (Wildman–Crippen LogP) is 4.92. The number of amides is 2. The molecule has 10 heteroatoms. The molecule has 0 radical (unpaired) electrons. The topological polar surface area (TPSA) is 58.6 Å². The Labute approximate surface area is 180 Å². The van der Waals surface area contributed by atoms with Crippen molar-refractivity contribution in [2.75, 3.05) is 12.0 Å². The van der Waals surface area contributed by atoms with Gasteiger partial charge in [0.25, 0.3) is 12.3 Å². The van der Waals surface area contributed by atoms with E-state index < -0.39 is 48.0 Å². The quantitative estimate of drug-likeness (QED) is 0.653. The zero-order valence-corrected chi connectivity index (χ0v) is 17.0. The number of hydrogen-bond acceptors (Lipinski definition) is 3. The molecule has 170 valence electrons. The summed E-state index contributed by atoms with van der Waals surface area (Å²) >= 11 is 0. The second-order valence-electron chi connectivity index (χ2n) is 7.50. The van der Waals surface area contributed by atoms with Crippen molar-refractivity contribution in [3.8, 4) is 0 Å². The van der Waals surface area contributed by atoms with Gasteiger partial charge in [0.1, 0.15) is 5.54 Å². The van der Waals surface area contributed by atoms with Crippen molar-refractivity contribution < 1.29 is 36.3 Å². The zero-order chi connectivity index (χ0) is 23.7. The van der Waals surface area contributed by atoms with Crippen LogP contribution < -0.4 is 5.32 Å². The molecular formula is C22H19F5N2O3. The van der Waals surface area contributed by atoms with Gasteiger partial charge in [-0.2, -0.15) is 13.2 Å². The molecule has 0 saturated heterocycles. The van der Waals surface area contributed by atoms with Gasteiger partial charge in [0.2, 0.25) is 5.91 Å². The van der Waals surface area contributed by atoms with Gasteiger partial charge in [-0.3, -0.25) is 14.5 Å². The molecule has 0 unspecified atom stereocenters. The van der Waals surface area contributed by atoms with E-state index in [4.69, 9.17) is 4.74 Å². The number of nitrogens with zero attached hydrogens (tertiary/aromatic N) is 1. The monoisotopic (exact) mass is 454 g/mol. The number of carbonyl (C=O) groups is 2. The summed E-state index contributed by atoms with van der Waals surface area (Å²) in [5.74, 6) is -2.48. The molecule has 0 fully saturated rings.